The summed E-state index contributed by atoms with van der Waals surface area (Å²) in [4.78, 5) is 2.35. The maximum absolute atomic E-state index is 3.84. The van der Waals surface area contributed by atoms with Crippen molar-refractivity contribution in [3.05, 3.63) is 17.5 Å². The van der Waals surface area contributed by atoms with Crippen LogP contribution in [0.15, 0.2) is 0 Å². The minimum Gasteiger partial charge on any atom is -0.293 e. The molecule has 0 saturated heterocycles. The summed E-state index contributed by atoms with van der Waals surface area (Å²) in [5.74, 6) is 0. The third kappa shape index (κ3) is 0.743. The number of aromatic nitrogens is 2. The van der Waals surface area contributed by atoms with Crippen molar-refractivity contribution in [3.63, 3.8) is 0 Å². The second-order valence-corrected chi connectivity index (χ2v) is 2.60. The Kier molecular flexibility index (Phi) is 1.24. The van der Waals surface area contributed by atoms with E-state index >= 15 is 0 Å². The first kappa shape index (κ1) is 5.92. The lowest BCUT2D eigenvalue weighted by Crippen LogP contribution is -2.15. The van der Waals surface area contributed by atoms with E-state index in [1.165, 1.54) is 11.3 Å². The Morgan fingerprint density at radius 3 is 3.30 bits per heavy atom. The topological polar surface area (TPSA) is 31.9 Å². The van der Waals surface area contributed by atoms with Gasteiger partial charge in [0, 0.05) is 18.7 Å². The van der Waals surface area contributed by atoms with Crippen LogP contribution in [0.1, 0.15) is 18.2 Å². The highest BCUT2D eigenvalue weighted by molar-refractivity contribution is 5.18. The molecule has 2 rings (SSSR count). The fourth-order valence-electron chi connectivity index (χ4n) is 1.29. The second kappa shape index (κ2) is 2.09. The number of nitrogens with one attached hydrogen (secondary N) is 1. The van der Waals surface area contributed by atoms with E-state index in [1.54, 1.807) is 0 Å². The lowest BCUT2D eigenvalue weighted by Gasteiger charge is -2.09. The molecule has 3 heteroatoms. The smallest absolute Gasteiger partial charge is 0.117 e. The van der Waals surface area contributed by atoms with E-state index in [0.717, 1.165) is 19.6 Å². The average Bonchev–Trinajstić information content (AvgIpc) is 2.42. The highest BCUT2D eigenvalue weighted by Crippen LogP contribution is 2.18. The van der Waals surface area contributed by atoms with Gasteiger partial charge in [0.15, 0.2) is 0 Å². The van der Waals surface area contributed by atoms with Gasteiger partial charge in [-0.2, -0.15) is 5.10 Å². The van der Waals surface area contributed by atoms with E-state index in [2.05, 4.69) is 28.2 Å². The lowest BCUT2D eigenvalue weighted by molar-refractivity contribution is 0.297. The number of H-pyrrole nitrogens is 1. The van der Waals surface area contributed by atoms with Crippen molar-refractivity contribution in [1.82, 2.24) is 15.1 Å². The summed E-state index contributed by atoms with van der Waals surface area (Å²) in [5, 5.41) is 6.77. The van der Waals surface area contributed by atoms with Gasteiger partial charge >= 0.3 is 0 Å². The molecular weight excluding hydrogens is 126 g/mol. The predicted molar refractivity (Wildman–Crippen MR) is 37.2 cm³/mol. The number of hydrogen-bond acceptors (Lipinski definition) is 2. The summed E-state index contributed by atoms with van der Waals surface area (Å²) in [5.41, 5.74) is 2.48. The normalized spacial score (nSPS) is 17.7. The van der Waals surface area contributed by atoms with E-state index in [4.69, 9.17) is 0 Å². The standard InChI is InChI=1S/C7H10N3/c1-2-10-4-6-3-8-9-7(6)5-10/h2,4-5H2,1H3,(H,8,9). The zero-order valence-electron chi connectivity index (χ0n) is 6.02. The molecule has 0 unspecified atom stereocenters. The van der Waals surface area contributed by atoms with Crippen molar-refractivity contribution < 1.29 is 0 Å². The molecule has 0 amide bonds. The van der Waals surface area contributed by atoms with Crippen LogP contribution in [0.5, 0.6) is 0 Å². The SMILES string of the molecule is CCN1Cc2[c]n[nH]c2C1. The Morgan fingerprint density at radius 2 is 2.60 bits per heavy atom. The summed E-state index contributed by atoms with van der Waals surface area (Å²) < 4.78 is 0. The summed E-state index contributed by atoms with van der Waals surface area (Å²) in [6, 6.07) is 0. The monoisotopic (exact) mass is 136 g/mol. The van der Waals surface area contributed by atoms with Crippen molar-refractivity contribution in [2.45, 2.75) is 20.0 Å². The molecule has 2 heterocycles. The summed E-state index contributed by atoms with van der Waals surface area (Å²) >= 11 is 0. The summed E-state index contributed by atoms with van der Waals surface area (Å²) in [6.45, 7) is 5.31. The van der Waals surface area contributed by atoms with Gasteiger partial charge in [0.2, 0.25) is 0 Å². The second-order valence-electron chi connectivity index (χ2n) is 2.60. The van der Waals surface area contributed by atoms with E-state index in [1.807, 2.05) is 0 Å². The van der Waals surface area contributed by atoms with E-state index in [9.17, 15) is 0 Å². The Bertz CT molecular complexity index is 208. The van der Waals surface area contributed by atoms with Gasteiger partial charge in [0.05, 0.1) is 5.69 Å². The molecular formula is C7H10N3. The molecule has 1 radical (unpaired) electrons. The average molecular weight is 136 g/mol. The van der Waals surface area contributed by atoms with Crippen molar-refractivity contribution in [2.75, 3.05) is 6.54 Å². The van der Waals surface area contributed by atoms with Crippen LogP contribution in [0, 0.1) is 6.20 Å². The fourth-order valence-corrected chi connectivity index (χ4v) is 1.29. The van der Waals surface area contributed by atoms with Crippen molar-refractivity contribution in [1.29, 1.82) is 0 Å². The molecule has 0 bridgehead atoms. The third-order valence-corrected chi connectivity index (χ3v) is 1.96. The van der Waals surface area contributed by atoms with Crippen molar-refractivity contribution >= 4 is 0 Å². The Balaban J connectivity index is 2.21. The van der Waals surface area contributed by atoms with Gasteiger partial charge in [0.1, 0.15) is 6.20 Å². The van der Waals surface area contributed by atoms with Crippen molar-refractivity contribution in [3.8, 4) is 0 Å². The number of nitrogens with zero attached hydrogens (tertiary/aromatic N) is 2. The molecule has 53 valence electrons. The maximum atomic E-state index is 3.84. The van der Waals surface area contributed by atoms with Gasteiger partial charge in [-0.15, -0.1) is 0 Å². The van der Waals surface area contributed by atoms with Crippen LogP contribution >= 0.6 is 0 Å². The fraction of sp³-hybridized carbons (Fsp3) is 0.571. The Labute approximate surface area is 60.0 Å². The molecule has 0 aromatic carbocycles. The first-order valence-electron chi connectivity index (χ1n) is 3.56. The first-order valence-corrected chi connectivity index (χ1v) is 3.56. The van der Waals surface area contributed by atoms with Gasteiger partial charge in [-0.1, -0.05) is 6.92 Å². The molecule has 0 spiro atoms. The molecule has 1 N–H and O–H groups in total. The molecule has 1 aromatic heterocycles. The largest absolute Gasteiger partial charge is 0.293 e. The molecule has 1 aliphatic rings. The van der Waals surface area contributed by atoms with Gasteiger partial charge in [-0.3, -0.25) is 10.00 Å². The van der Waals surface area contributed by atoms with Crippen LogP contribution in [-0.4, -0.2) is 21.6 Å². The molecule has 0 atom stereocenters. The molecule has 10 heavy (non-hydrogen) atoms. The minimum atomic E-state index is 1.02. The molecule has 1 aromatic rings. The first-order chi connectivity index (χ1) is 4.90. The van der Waals surface area contributed by atoms with Crippen LogP contribution < -0.4 is 0 Å². The zero-order chi connectivity index (χ0) is 6.97. The minimum absolute atomic E-state index is 1.02. The van der Waals surface area contributed by atoms with Crippen LogP contribution in [0.4, 0.5) is 0 Å². The number of aromatic amines is 1. The molecule has 0 fully saturated rings. The zero-order valence-corrected chi connectivity index (χ0v) is 6.02. The highest BCUT2D eigenvalue weighted by atomic mass is 15.2. The van der Waals surface area contributed by atoms with Gasteiger partial charge in [0.25, 0.3) is 0 Å². The molecule has 3 nitrogen and oxygen atoms in total. The Morgan fingerprint density at radius 1 is 1.70 bits per heavy atom. The lowest BCUT2D eigenvalue weighted by atomic mass is 10.3. The third-order valence-electron chi connectivity index (χ3n) is 1.96. The summed E-state index contributed by atoms with van der Waals surface area (Å²) in [6.07, 6.45) is 2.93. The number of hydrogen-bond donors (Lipinski definition) is 1. The van der Waals surface area contributed by atoms with Crippen LogP contribution in [0.3, 0.4) is 0 Å². The van der Waals surface area contributed by atoms with E-state index in [0.29, 0.717) is 0 Å². The van der Waals surface area contributed by atoms with Gasteiger partial charge in [-0.05, 0) is 6.54 Å². The predicted octanol–water partition coefficient (Wildman–Crippen LogP) is 0.545. The van der Waals surface area contributed by atoms with Gasteiger partial charge in [-0.25, -0.2) is 0 Å². The van der Waals surface area contributed by atoms with Gasteiger partial charge < -0.3 is 0 Å². The molecule has 1 aliphatic heterocycles. The van der Waals surface area contributed by atoms with E-state index in [-0.39, 0.29) is 0 Å². The van der Waals surface area contributed by atoms with Crippen LogP contribution in [0.2, 0.25) is 0 Å². The molecule has 0 aliphatic carbocycles. The number of rotatable bonds is 1. The number of fused-ring (bicyclic) bond motifs is 1. The summed E-state index contributed by atoms with van der Waals surface area (Å²) in [7, 11) is 0. The molecule has 0 saturated carbocycles. The Hall–Kier alpha value is -0.830. The highest BCUT2D eigenvalue weighted by Gasteiger charge is 2.18. The van der Waals surface area contributed by atoms with E-state index < -0.39 is 0 Å². The maximum Gasteiger partial charge on any atom is 0.117 e. The quantitative estimate of drug-likeness (QED) is 0.611. The van der Waals surface area contributed by atoms with Crippen LogP contribution in [-0.2, 0) is 13.1 Å². The van der Waals surface area contributed by atoms with Crippen molar-refractivity contribution in [2.24, 2.45) is 0 Å². The van der Waals surface area contributed by atoms with Crippen LogP contribution in [0.25, 0.3) is 0 Å².